The van der Waals surface area contributed by atoms with Gasteiger partial charge in [-0.3, -0.25) is 4.79 Å². The fourth-order valence-corrected chi connectivity index (χ4v) is 7.75. The first-order valence-corrected chi connectivity index (χ1v) is 17.6. The molecule has 3 nitrogen and oxygen atoms in total. The Morgan fingerprint density at radius 2 is 0.827 bits per heavy atom. The van der Waals surface area contributed by atoms with Gasteiger partial charge in [0, 0.05) is 44.5 Å². The summed E-state index contributed by atoms with van der Waals surface area (Å²) in [7, 11) is 0. The maximum Gasteiger partial charge on any atom is 0.194 e. The predicted molar refractivity (Wildman–Crippen MR) is 214 cm³/mol. The summed E-state index contributed by atoms with van der Waals surface area (Å²) in [4.78, 5) is 15.9. The second-order valence-electron chi connectivity index (χ2n) is 13.2. The maximum absolute atomic E-state index is 13.6. The van der Waals surface area contributed by atoms with Crippen LogP contribution in [0.25, 0.3) is 66.4 Å². The number of benzene rings is 8. The van der Waals surface area contributed by atoms with Crippen LogP contribution in [-0.2, 0) is 0 Å². The minimum Gasteiger partial charge on any atom is -0.455 e. The number of nitrogens with zero attached hydrogens (tertiary/aromatic N) is 1. The lowest BCUT2D eigenvalue weighted by Gasteiger charge is -2.26. The van der Waals surface area contributed by atoms with E-state index in [1.54, 1.807) is 0 Å². The van der Waals surface area contributed by atoms with Gasteiger partial charge in [-0.05, 0) is 81.4 Å². The molecule has 0 aliphatic heterocycles. The molecule has 0 N–H and O–H groups in total. The minimum atomic E-state index is 0.0869. The van der Waals surface area contributed by atoms with E-state index in [0.717, 1.165) is 89.1 Å². The summed E-state index contributed by atoms with van der Waals surface area (Å²) in [5.41, 5.74) is 14.9. The average molecular weight is 666 g/mol. The van der Waals surface area contributed by atoms with E-state index >= 15 is 0 Å². The van der Waals surface area contributed by atoms with Gasteiger partial charge in [-0.2, -0.15) is 0 Å². The number of furan rings is 1. The quantitative estimate of drug-likeness (QED) is 0.177. The van der Waals surface area contributed by atoms with Gasteiger partial charge in [0.05, 0.1) is 0 Å². The molecular formula is C49H31NO2. The van der Waals surface area contributed by atoms with Gasteiger partial charge in [0.15, 0.2) is 5.78 Å². The fraction of sp³-hybridized carbons (Fsp3) is 0. The second-order valence-corrected chi connectivity index (χ2v) is 13.2. The van der Waals surface area contributed by atoms with Gasteiger partial charge >= 0.3 is 0 Å². The smallest absolute Gasteiger partial charge is 0.194 e. The number of para-hydroxylation sites is 2. The van der Waals surface area contributed by atoms with E-state index in [1.807, 2.05) is 48.5 Å². The molecule has 52 heavy (non-hydrogen) atoms. The molecule has 3 heteroatoms. The summed E-state index contributed by atoms with van der Waals surface area (Å²) in [5, 5.41) is 2.24. The van der Waals surface area contributed by atoms with Gasteiger partial charge in [0.1, 0.15) is 11.2 Å². The highest BCUT2D eigenvalue weighted by molar-refractivity contribution is 6.24. The summed E-state index contributed by atoms with van der Waals surface area (Å²) in [6.07, 6.45) is 0. The zero-order valence-electron chi connectivity index (χ0n) is 28.2. The van der Waals surface area contributed by atoms with Crippen LogP contribution in [0.1, 0.15) is 15.9 Å². The van der Waals surface area contributed by atoms with E-state index in [0.29, 0.717) is 0 Å². The predicted octanol–water partition coefficient (Wildman–Crippen LogP) is 13.3. The number of anilines is 3. The van der Waals surface area contributed by atoms with Crippen LogP contribution < -0.4 is 4.90 Å². The van der Waals surface area contributed by atoms with Crippen molar-refractivity contribution >= 4 is 44.8 Å². The first kappa shape index (κ1) is 29.9. The summed E-state index contributed by atoms with van der Waals surface area (Å²) in [5.74, 6) is 0.0869. The highest BCUT2D eigenvalue weighted by Crippen LogP contribution is 2.43. The van der Waals surface area contributed by atoms with E-state index in [9.17, 15) is 4.79 Å². The Morgan fingerprint density at radius 1 is 0.346 bits per heavy atom. The van der Waals surface area contributed by atoms with E-state index in [4.69, 9.17) is 4.42 Å². The molecule has 1 aliphatic carbocycles. The molecule has 0 saturated carbocycles. The summed E-state index contributed by atoms with van der Waals surface area (Å²) < 4.78 is 6.37. The molecule has 244 valence electrons. The van der Waals surface area contributed by atoms with Crippen LogP contribution in [0.2, 0.25) is 0 Å². The average Bonchev–Trinajstić information content (AvgIpc) is 3.74. The zero-order valence-corrected chi connectivity index (χ0v) is 28.2. The van der Waals surface area contributed by atoms with Gasteiger partial charge in [0.25, 0.3) is 0 Å². The first-order chi connectivity index (χ1) is 25.7. The molecule has 1 aliphatic rings. The SMILES string of the molecule is O=C1c2ccccc2-c2cccc(-c3ccc(N(c4ccc(-c5ccccc5)cc4)c4ccc(-c5cccc6c5oc5ccccc56)cc4)cc3)c21. The molecule has 1 heterocycles. The molecule has 0 bridgehead atoms. The summed E-state index contributed by atoms with van der Waals surface area (Å²) in [6.45, 7) is 0. The number of hydrogen-bond acceptors (Lipinski definition) is 3. The third-order valence-electron chi connectivity index (χ3n) is 10.3. The topological polar surface area (TPSA) is 33.5 Å². The molecule has 10 rings (SSSR count). The number of carbonyl (C=O) groups excluding carboxylic acids is 1. The standard InChI is InChI=1S/C49H31NO2/c51-48-44-14-5-4-12-41(44)43-17-8-15-39(47(43)48)34-22-28-37(29-23-34)50(36-26-20-33(21-27-36)32-10-2-1-3-11-32)38-30-24-35(25-31-38)40-16-9-18-45-42-13-6-7-19-46(42)52-49(40)45/h1-31H. The van der Waals surface area contributed by atoms with Crippen molar-refractivity contribution in [3.05, 3.63) is 199 Å². The van der Waals surface area contributed by atoms with E-state index in [-0.39, 0.29) is 5.78 Å². The molecule has 0 radical (unpaired) electrons. The second kappa shape index (κ2) is 12.1. The van der Waals surface area contributed by atoms with Crippen molar-refractivity contribution in [1.82, 2.24) is 0 Å². The summed E-state index contributed by atoms with van der Waals surface area (Å²) >= 11 is 0. The Labute approximate surface area is 301 Å². The molecule has 0 fully saturated rings. The fourth-order valence-electron chi connectivity index (χ4n) is 7.75. The summed E-state index contributed by atoms with van der Waals surface area (Å²) in [6, 6.07) is 65.0. The highest BCUT2D eigenvalue weighted by atomic mass is 16.3. The van der Waals surface area contributed by atoms with Gasteiger partial charge in [0.2, 0.25) is 0 Å². The molecular weight excluding hydrogens is 635 g/mol. The van der Waals surface area contributed by atoms with Crippen LogP contribution in [0.15, 0.2) is 192 Å². The number of rotatable bonds is 6. The lowest BCUT2D eigenvalue weighted by Crippen LogP contribution is -2.10. The Bertz CT molecular complexity index is 2780. The molecule has 0 unspecified atom stereocenters. The van der Waals surface area contributed by atoms with Crippen molar-refractivity contribution in [2.24, 2.45) is 0 Å². The zero-order chi connectivity index (χ0) is 34.6. The molecule has 0 saturated heterocycles. The number of fused-ring (bicyclic) bond motifs is 6. The first-order valence-electron chi connectivity index (χ1n) is 17.6. The van der Waals surface area contributed by atoms with E-state index < -0.39 is 0 Å². The van der Waals surface area contributed by atoms with E-state index in [2.05, 4.69) is 144 Å². The molecule has 1 aromatic heterocycles. The van der Waals surface area contributed by atoms with Gasteiger partial charge in [-0.15, -0.1) is 0 Å². The maximum atomic E-state index is 13.6. The van der Waals surface area contributed by atoms with Crippen LogP contribution >= 0.6 is 0 Å². The van der Waals surface area contributed by atoms with Crippen molar-refractivity contribution in [2.75, 3.05) is 4.90 Å². The molecule has 0 amide bonds. The molecule has 8 aromatic carbocycles. The molecule has 0 spiro atoms. The molecule has 0 atom stereocenters. The molecule has 9 aromatic rings. The van der Waals surface area contributed by atoms with Crippen LogP contribution in [0.4, 0.5) is 17.1 Å². The van der Waals surface area contributed by atoms with Crippen LogP contribution in [0, 0.1) is 0 Å². The normalized spacial score (nSPS) is 11.9. The minimum absolute atomic E-state index is 0.0869. The number of ketones is 1. The van der Waals surface area contributed by atoms with Crippen molar-refractivity contribution < 1.29 is 9.21 Å². The van der Waals surface area contributed by atoms with Crippen LogP contribution in [0.3, 0.4) is 0 Å². The lowest BCUT2D eigenvalue weighted by atomic mass is 9.95. The van der Waals surface area contributed by atoms with Crippen molar-refractivity contribution in [3.8, 4) is 44.5 Å². The van der Waals surface area contributed by atoms with Crippen molar-refractivity contribution in [2.45, 2.75) is 0 Å². The third-order valence-corrected chi connectivity index (χ3v) is 10.3. The van der Waals surface area contributed by atoms with E-state index in [1.165, 1.54) is 5.56 Å². The van der Waals surface area contributed by atoms with Crippen molar-refractivity contribution in [3.63, 3.8) is 0 Å². The van der Waals surface area contributed by atoms with Crippen LogP contribution in [0.5, 0.6) is 0 Å². The van der Waals surface area contributed by atoms with Crippen molar-refractivity contribution in [1.29, 1.82) is 0 Å². The Balaban J connectivity index is 1.05. The number of carbonyl (C=O) groups is 1. The Hall–Kier alpha value is -6.97. The van der Waals surface area contributed by atoms with Gasteiger partial charge in [-0.1, -0.05) is 146 Å². The highest BCUT2D eigenvalue weighted by Gasteiger charge is 2.29. The Kier molecular flexibility index (Phi) is 6.97. The third kappa shape index (κ3) is 4.86. The number of hydrogen-bond donors (Lipinski definition) is 0. The van der Waals surface area contributed by atoms with Gasteiger partial charge in [-0.25, -0.2) is 0 Å². The van der Waals surface area contributed by atoms with Crippen LogP contribution in [-0.4, -0.2) is 5.78 Å². The monoisotopic (exact) mass is 665 g/mol. The largest absolute Gasteiger partial charge is 0.455 e. The lowest BCUT2D eigenvalue weighted by molar-refractivity contribution is 0.104. The Morgan fingerprint density at radius 3 is 1.54 bits per heavy atom. The van der Waals surface area contributed by atoms with Gasteiger partial charge < -0.3 is 9.32 Å².